The van der Waals surface area contributed by atoms with Crippen LogP contribution in [0.5, 0.6) is 0 Å². The Balaban J connectivity index is 2.10. The van der Waals surface area contributed by atoms with Crippen LogP contribution in [-0.2, 0) is 21.4 Å². The van der Waals surface area contributed by atoms with E-state index in [1.807, 2.05) is 0 Å². The lowest BCUT2D eigenvalue weighted by Gasteiger charge is -2.13. The fourth-order valence-corrected chi connectivity index (χ4v) is 3.14. The lowest BCUT2D eigenvalue weighted by Crippen LogP contribution is -1.93. The zero-order valence-corrected chi connectivity index (χ0v) is 9.85. The smallest absolute Gasteiger partial charge is 0.217 e. The van der Waals surface area contributed by atoms with Crippen LogP contribution >= 0.6 is 7.37 Å². The third-order valence-electron chi connectivity index (χ3n) is 2.29. The summed E-state index contributed by atoms with van der Waals surface area (Å²) in [5, 5.41) is 0. The highest BCUT2D eigenvalue weighted by molar-refractivity contribution is 7.57. The van der Waals surface area contributed by atoms with Crippen LogP contribution in [0.2, 0.25) is 0 Å². The Morgan fingerprint density at radius 3 is 1.94 bits per heavy atom. The van der Waals surface area contributed by atoms with Crippen LogP contribution in [0.3, 0.4) is 0 Å². The summed E-state index contributed by atoms with van der Waals surface area (Å²) in [7, 11) is -1.31. The highest BCUT2D eigenvalue weighted by atomic mass is 31.2. The van der Waals surface area contributed by atoms with Gasteiger partial charge in [0, 0.05) is 7.11 Å². The predicted octanol–water partition coefficient (Wildman–Crippen LogP) is 3.50. The molecule has 0 radical (unpaired) electrons. The summed E-state index contributed by atoms with van der Waals surface area (Å²) in [5.74, 6) is 1.33. The molecule has 0 bridgehead atoms. The second kappa shape index (κ2) is 4.73. The molecule has 0 aliphatic carbocycles. The Morgan fingerprint density at radius 2 is 1.62 bits per heavy atom. The molecule has 4 nitrogen and oxygen atoms in total. The molecule has 2 heterocycles. The molecular formula is C11H13O4P. The molecule has 0 fully saturated rings. The van der Waals surface area contributed by atoms with Gasteiger partial charge in [-0.3, -0.25) is 4.57 Å². The van der Waals surface area contributed by atoms with Crippen molar-refractivity contribution < 1.29 is 17.9 Å². The van der Waals surface area contributed by atoms with E-state index in [1.54, 1.807) is 36.8 Å². The van der Waals surface area contributed by atoms with Crippen LogP contribution in [0.15, 0.2) is 45.6 Å². The monoisotopic (exact) mass is 240 g/mol. The fourth-order valence-electron chi connectivity index (χ4n) is 1.46. The van der Waals surface area contributed by atoms with E-state index in [1.165, 1.54) is 7.11 Å². The first kappa shape index (κ1) is 11.2. The summed E-state index contributed by atoms with van der Waals surface area (Å²) < 4.78 is 27.8. The molecule has 2 aromatic rings. The molecule has 16 heavy (non-hydrogen) atoms. The molecular weight excluding hydrogens is 227 g/mol. The van der Waals surface area contributed by atoms with Gasteiger partial charge in [0.15, 0.2) is 0 Å². The van der Waals surface area contributed by atoms with E-state index >= 15 is 0 Å². The van der Waals surface area contributed by atoms with Crippen molar-refractivity contribution in [2.24, 2.45) is 0 Å². The minimum absolute atomic E-state index is 0.289. The van der Waals surface area contributed by atoms with Gasteiger partial charge >= 0.3 is 0 Å². The van der Waals surface area contributed by atoms with Crippen molar-refractivity contribution in [1.82, 2.24) is 0 Å². The molecule has 0 unspecified atom stereocenters. The standard InChI is InChI=1S/C11H13O4P/c1-13-16(12,8-10-4-2-6-14-10)9-11-5-3-7-15-11/h2-7H,8-9H2,1H3. The van der Waals surface area contributed by atoms with Gasteiger partial charge in [-0.25, -0.2) is 0 Å². The number of rotatable bonds is 5. The molecule has 0 saturated carbocycles. The Bertz CT molecular complexity index is 418. The van der Waals surface area contributed by atoms with Gasteiger partial charge in [0.25, 0.3) is 0 Å². The normalized spacial score (nSPS) is 11.8. The van der Waals surface area contributed by atoms with E-state index in [9.17, 15) is 4.57 Å². The molecule has 0 aromatic carbocycles. The maximum Gasteiger partial charge on any atom is 0.217 e. The number of hydrogen-bond acceptors (Lipinski definition) is 4. The van der Waals surface area contributed by atoms with E-state index < -0.39 is 7.37 Å². The molecule has 0 spiro atoms. The largest absolute Gasteiger partial charge is 0.469 e. The molecule has 2 aromatic heterocycles. The average Bonchev–Trinajstić information content (AvgIpc) is 2.91. The second-order valence-electron chi connectivity index (χ2n) is 3.47. The van der Waals surface area contributed by atoms with Gasteiger partial charge in [0.05, 0.1) is 24.9 Å². The summed E-state index contributed by atoms with van der Waals surface area (Å²) in [4.78, 5) is 0. The molecule has 0 saturated heterocycles. The van der Waals surface area contributed by atoms with Crippen molar-refractivity contribution in [3.05, 3.63) is 48.3 Å². The SMILES string of the molecule is COP(=O)(Cc1ccco1)Cc1ccco1. The van der Waals surface area contributed by atoms with Gasteiger partial charge in [-0.2, -0.15) is 0 Å². The lowest BCUT2D eigenvalue weighted by atomic mass is 10.5. The summed E-state index contributed by atoms with van der Waals surface area (Å²) in [6.45, 7) is 0. The van der Waals surface area contributed by atoms with E-state index in [-0.39, 0.29) is 12.3 Å². The maximum atomic E-state index is 12.4. The summed E-state index contributed by atoms with van der Waals surface area (Å²) >= 11 is 0. The zero-order chi connectivity index (χ0) is 11.4. The molecule has 2 rings (SSSR count). The molecule has 0 aliphatic rings. The zero-order valence-electron chi connectivity index (χ0n) is 8.96. The van der Waals surface area contributed by atoms with Gasteiger partial charge in [-0.1, -0.05) is 0 Å². The van der Waals surface area contributed by atoms with Crippen molar-refractivity contribution in [1.29, 1.82) is 0 Å². The van der Waals surface area contributed by atoms with Gasteiger partial charge in [0.2, 0.25) is 7.37 Å². The van der Waals surface area contributed by atoms with Crippen LogP contribution in [-0.4, -0.2) is 7.11 Å². The molecule has 0 N–H and O–H groups in total. The fraction of sp³-hybridized carbons (Fsp3) is 0.273. The highest BCUT2D eigenvalue weighted by Gasteiger charge is 2.25. The van der Waals surface area contributed by atoms with Crippen molar-refractivity contribution in [3.8, 4) is 0 Å². The van der Waals surface area contributed by atoms with Crippen molar-refractivity contribution >= 4 is 7.37 Å². The van der Waals surface area contributed by atoms with Crippen LogP contribution in [0, 0.1) is 0 Å². The van der Waals surface area contributed by atoms with E-state index in [0.717, 1.165) is 0 Å². The molecule has 0 amide bonds. The Morgan fingerprint density at radius 1 is 1.12 bits per heavy atom. The summed E-state index contributed by atoms with van der Waals surface area (Å²) in [6.07, 6.45) is 3.69. The maximum absolute atomic E-state index is 12.4. The minimum Gasteiger partial charge on any atom is -0.469 e. The molecule has 0 atom stereocenters. The second-order valence-corrected chi connectivity index (χ2v) is 6.10. The summed E-state index contributed by atoms with van der Waals surface area (Å²) in [6, 6.07) is 7.10. The van der Waals surface area contributed by atoms with Crippen LogP contribution in [0.4, 0.5) is 0 Å². The molecule has 0 aliphatic heterocycles. The average molecular weight is 240 g/mol. The number of furan rings is 2. The quantitative estimate of drug-likeness (QED) is 0.750. The van der Waals surface area contributed by atoms with Crippen molar-refractivity contribution in [3.63, 3.8) is 0 Å². The lowest BCUT2D eigenvalue weighted by molar-refractivity contribution is 0.381. The van der Waals surface area contributed by atoms with Crippen LogP contribution in [0.25, 0.3) is 0 Å². The van der Waals surface area contributed by atoms with Gasteiger partial charge < -0.3 is 13.4 Å². The Hall–Kier alpha value is -1.25. The molecule has 86 valence electrons. The molecule has 5 heteroatoms. The van der Waals surface area contributed by atoms with Crippen molar-refractivity contribution in [2.75, 3.05) is 7.11 Å². The highest BCUT2D eigenvalue weighted by Crippen LogP contribution is 2.52. The first-order valence-electron chi connectivity index (χ1n) is 4.90. The third kappa shape index (κ3) is 2.65. The van der Waals surface area contributed by atoms with Crippen LogP contribution < -0.4 is 0 Å². The minimum atomic E-state index is -2.77. The van der Waals surface area contributed by atoms with E-state index in [4.69, 9.17) is 13.4 Å². The van der Waals surface area contributed by atoms with Gasteiger partial charge in [-0.15, -0.1) is 0 Å². The third-order valence-corrected chi connectivity index (χ3v) is 4.54. The Labute approximate surface area is 93.7 Å². The number of hydrogen-bond donors (Lipinski definition) is 0. The van der Waals surface area contributed by atoms with E-state index in [0.29, 0.717) is 11.5 Å². The first-order chi connectivity index (χ1) is 7.72. The Kier molecular flexibility index (Phi) is 3.32. The van der Waals surface area contributed by atoms with Gasteiger partial charge in [-0.05, 0) is 24.3 Å². The van der Waals surface area contributed by atoms with Gasteiger partial charge in [0.1, 0.15) is 11.5 Å². The van der Waals surface area contributed by atoms with E-state index in [2.05, 4.69) is 0 Å². The summed E-state index contributed by atoms with van der Waals surface area (Å²) in [5.41, 5.74) is 0. The first-order valence-corrected chi connectivity index (χ1v) is 6.90. The topological polar surface area (TPSA) is 52.6 Å². The van der Waals surface area contributed by atoms with Crippen LogP contribution in [0.1, 0.15) is 11.5 Å². The van der Waals surface area contributed by atoms with Crippen molar-refractivity contribution in [2.45, 2.75) is 12.3 Å². The predicted molar refractivity (Wildman–Crippen MR) is 59.4 cm³/mol.